The number of ether oxygens (including phenoxy) is 2. The van der Waals surface area contributed by atoms with Gasteiger partial charge in [-0.1, -0.05) is 53.9 Å². The highest BCUT2D eigenvalue weighted by atomic mass is 33.1. The fourth-order valence-corrected chi connectivity index (χ4v) is 14.8. The fourth-order valence-electron chi connectivity index (χ4n) is 12.4. The van der Waals surface area contributed by atoms with E-state index < -0.39 is 23.4 Å². The molecule has 0 unspecified atom stereocenters. The number of unbranched alkanes of at least 4 members (excludes halogenated alkanes) is 1. The summed E-state index contributed by atoms with van der Waals surface area (Å²) in [5, 5.41) is 30.7. The number of aliphatic hydroxyl groups is 2. The zero-order chi connectivity index (χ0) is 42.5. The van der Waals surface area contributed by atoms with Gasteiger partial charge in [0.1, 0.15) is 11.5 Å². The van der Waals surface area contributed by atoms with Gasteiger partial charge in [0, 0.05) is 61.4 Å². The summed E-state index contributed by atoms with van der Waals surface area (Å²) in [5.74, 6) is 0.417. The molecular formula is C47H60N4O8S2. The molecule has 7 bridgehead atoms. The lowest BCUT2D eigenvalue weighted by Crippen LogP contribution is -2.54. The fraction of sp³-hybridized carbons (Fsp3) is 0.617. The minimum Gasteiger partial charge on any atom is -0.427 e. The SMILES string of the molecule is CCC1(/C=C2\OC(=O)C3=C2CC[C@H]2[C@@H]4CC[C@@]5(C6=C4[C@@H](CN4C(=O)C=CC4=O)C4=CCNC(=C4)NCSS[C@@H](NC[C@H](C)O)[C@H](CCCCO)C/C=C/5OC6=O)[C@@H]32)CCCC1. The van der Waals surface area contributed by atoms with Crippen molar-refractivity contribution in [3.63, 3.8) is 0 Å². The number of aliphatic hydroxyl groups excluding tert-OH is 2. The topological polar surface area (TPSA) is 167 Å². The minimum atomic E-state index is -0.942. The number of carbonyl (C=O) groups is 4. The Hall–Kier alpha value is -3.56. The summed E-state index contributed by atoms with van der Waals surface area (Å²) < 4.78 is 12.9. The van der Waals surface area contributed by atoms with Gasteiger partial charge in [-0.25, -0.2) is 9.59 Å². The van der Waals surface area contributed by atoms with Crippen molar-refractivity contribution in [3.05, 3.63) is 81.7 Å². The van der Waals surface area contributed by atoms with Crippen LogP contribution in [0.25, 0.3) is 0 Å². The Bertz CT molecular complexity index is 2040. The number of amides is 2. The number of cyclic esters (lactones) is 1. The summed E-state index contributed by atoms with van der Waals surface area (Å²) >= 11 is 0. The van der Waals surface area contributed by atoms with Crippen molar-refractivity contribution < 1.29 is 38.9 Å². The summed E-state index contributed by atoms with van der Waals surface area (Å²) in [6.45, 7) is 5.11. The van der Waals surface area contributed by atoms with Gasteiger partial charge in [0.25, 0.3) is 11.8 Å². The number of esters is 2. The molecule has 14 heteroatoms. The normalized spacial score (nSPS) is 35.0. The number of nitrogens with one attached hydrogen (secondary N) is 3. The van der Waals surface area contributed by atoms with Crippen molar-refractivity contribution in [2.24, 2.45) is 40.4 Å². The molecular weight excluding hydrogens is 813 g/mol. The van der Waals surface area contributed by atoms with Gasteiger partial charge in [0.15, 0.2) is 0 Å². The molecule has 5 N–H and O–H groups in total. The summed E-state index contributed by atoms with van der Waals surface area (Å²) in [6, 6.07) is 0. The molecule has 12 nitrogen and oxygen atoms in total. The predicted molar refractivity (Wildman–Crippen MR) is 234 cm³/mol. The molecule has 5 heterocycles. The lowest BCUT2D eigenvalue weighted by molar-refractivity contribution is -0.138. The van der Waals surface area contributed by atoms with Crippen LogP contribution in [0.4, 0.5) is 0 Å². The highest BCUT2D eigenvalue weighted by Crippen LogP contribution is 2.71. The highest BCUT2D eigenvalue weighted by molar-refractivity contribution is 8.76. The van der Waals surface area contributed by atoms with E-state index in [-0.39, 0.29) is 65.4 Å². The van der Waals surface area contributed by atoms with Crippen molar-refractivity contribution in [1.82, 2.24) is 20.9 Å². The molecule has 10 aliphatic rings. The summed E-state index contributed by atoms with van der Waals surface area (Å²) in [5.41, 5.74) is 3.21. The van der Waals surface area contributed by atoms with Gasteiger partial charge in [0.2, 0.25) is 0 Å². The minimum absolute atomic E-state index is 0.00353. The third-order valence-corrected chi connectivity index (χ3v) is 17.8. The summed E-state index contributed by atoms with van der Waals surface area (Å²) in [7, 11) is 3.38. The van der Waals surface area contributed by atoms with Crippen LogP contribution >= 0.6 is 21.6 Å². The van der Waals surface area contributed by atoms with E-state index in [1.165, 1.54) is 17.1 Å². The zero-order valence-electron chi connectivity index (χ0n) is 35.3. The van der Waals surface area contributed by atoms with E-state index in [2.05, 4.69) is 47.2 Å². The number of fused-ring (bicyclic) bond motifs is 2. The molecule has 1 spiro atoms. The van der Waals surface area contributed by atoms with Gasteiger partial charge < -0.3 is 35.6 Å². The zero-order valence-corrected chi connectivity index (χ0v) is 37.0. The van der Waals surface area contributed by atoms with Gasteiger partial charge in [0.05, 0.1) is 34.2 Å². The van der Waals surface area contributed by atoms with E-state index in [4.69, 9.17) is 9.47 Å². The first-order valence-electron chi connectivity index (χ1n) is 22.7. The van der Waals surface area contributed by atoms with Crippen molar-refractivity contribution in [3.8, 4) is 0 Å². The number of rotatable bonds is 11. The number of hydrogen-bond donors (Lipinski definition) is 5. The Morgan fingerprint density at radius 1 is 1.03 bits per heavy atom. The maximum atomic E-state index is 15.0. The second-order valence-electron chi connectivity index (χ2n) is 18.5. The van der Waals surface area contributed by atoms with Crippen molar-refractivity contribution in [1.29, 1.82) is 0 Å². The number of allylic oxidation sites excluding steroid dienone is 5. The molecule has 328 valence electrons. The number of nitrogens with zero attached hydrogens (tertiary/aromatic N) is 1. The number of carbonyl (C=O) groups excluding carboxylic acids is 4. The van der Waals surface area contributed by atoms with Crippen LogP contribution in [0.3, 0.4) is 0 Å². The maximum absolute atomic E-state index is 15.0. The molecule has 1 saturated heterocycles. The molecule has 0 aromatic rings. The van der Waals surface area contributed by atoms with Gasteiger partial charge in [-0.05, 0) is 124 Å². The smallest absolute Gasteiger partial charge is 0.340 e. The van der Waals surface area contributed by atoms with Crippen LogP contribution in [0.15, 0.2) is 81.7 Å². The molecule has 0 radical (unpaired) electrons. The Kier molecular flexibility index (Phi) is 12.3. The van der Waals surface area contributed by atoms with E-state index in [1.807, 2.05) is 0 Å². The van der Waals surface area contributed by atoms with Gasteiger partial charge in [-0.15, -0.1) is 0 Å². The molecule has 0 aromatic carbocycles. The number of hydrogen-bond acceptors (Lipinski definition) is 13. The van der Waals surface area contributed by atoms with Crippen LogP contribution in [-0.4, -0.2) is 82.5 Å². The molecule has 5 aliphatic heterocycles. The van der Waals surface area contributed by atoms with Crippen molar-refractivity contribution >= 4 is 45.3 Å². The van der Waals surface area contributed by atoms with Crippen LogP contribution in [0.2, 0.25) is 0 Å². The largest absolute Gasteiger partial charge is 0.427 e. The third kappa shape index (κ3) is 7.69. The van der Waals surface area contributed by atoms with Gasteiger partial charge in [-0.3, -0.25) is 14.5 Å². The predicted octanol–water partition coefficient (Wildman–Crippen LogP) is 6.19. The van der Waals surface area contributed by atoms with E-state index in [9.17, 15) is 29.4 Å². The van der Waals surface area contributed by atoms with E-state index in [0.29, 0.717) is 67.3 Å². The first kappa shape index (κ1) is 42.7. The van der Waals surface area contributed by atoms with Crippen molar-refractivity contribution in [2.75, 3.05) is 32.1 Å². The quantitative estimate of drug-likeness (QED) is 0.0692. The number of dihydropyridines is 1. The summed E-state index contributed by atoms with van der Waals surface area (Å²) in [6.07, 6.45) is 21.9. The third-order valence-electron chi connectivity index (χ3n) is 15.2. The molecule has 2 amide bonds. The van der Waals surface area contributed by atoms with E-state index >= 15 is 0 Å². The lowest BCUT2D eigenvalue weighted by atomic mass is 9.43. The molecule has 8 atom stereocenters. The van der Waals surface area contributed by atoms with Crippen LogP contribution in [-0.2, 0) is 28.7 Å². The first-order chi connectivity index (χ1) is 29.6. The van der Waals surface area contributed by atoms with Gasteiger partial charge in [-0.2, -0.15) is 0 Å². The number of imide groups is 1. The molecule has 5 aliphatic carbocycles. The molecule has 61 heavy (non-hydrogen) atoms. The van der Waals surface area contributed by atoms with Crippen LogP contribution in [0, 0.1) is 40.4 Å². The monoisotopic (exact) mass is 872 g/mol. The van der Waals surface area contributed by atoms with Crippen molar-refractivity contribution in [2.45, 2.75) is 109 Å². The average molecular weight is 873 g/mol. The van der Waals surface area contributed by atoms with Crippen LogP contribution < -0.4 is 16.0 Å². The van der Waals surface area contributed by atoms with E-state index in [1.54, 1.807) is 28.5 Å². The van der Waals surface area contributed by atoms with Gasteiger partial charge >= 0.3 is 11.9 Å². The molecule has 2 saturated carbocycles. The van der Waals surface area contributed by atoms with Crippen LogP contribution in [0.1, 0.15) is 97.3 Å². The lowest BCUT2D eigenvalue weighted by Gasteiger charge is -2.57. The van der Waals surface area contributed by atoms with E-state index in [0.717, 1.165) is 80.3 Å². The molecule has 3 fully saturated rings. The molecule has 10 rings (SSSR count). The maximum Gasteiger partial charge on any atom is 0.340 e. The standard InChI is InChI=1S/C47H60N4O8S2/c1-3-46(17-5-6-18-46)23-34-32-11-10-31-30-15-19-47(41(31)40(32)44(56)58-34)35-12-9-28(8-4-7-21-52)43(49-24-27(2)53)61-60-26-50-36-22-29(16-20-48-36)33(39(30)42(47)45(57)59-35)25-51-37(54)13-14-38(51)55/h12-14,16,22-23,27-28,30-31,33,41,43,48-50,52-53H,3-11,15,17-21,24-26H2,1-2H3/b34-23-,35-12-/t27-,28+,30-,31-,33-,41+,43+,47-/m0/s1. The second kappa shape index (κ2) is 17.5. The molecule has 0 aromatic heterocycles. The Morgan fingerprint density at radius 2 is 1.84 bits per heavy atom. The first-order valence-corrected chi connectivity index (χ1v) is 25.0. The summed E-state index contributed by atoms with van der Waals surface area (Å²) in [4.78, 5) is 57.4. The average Bonchev–Trinajstić information content (AvgIpc) is 4.02. The van der Waals surface area contributed by atoms with Crippen LogP contribution in [0.5, 0.6) is 0 Å². The second-order valence-corrected chi connectivity index (χ2v) is 21.1. The Labute approximate surface area is 366 Å². The highest BCUT2D eigenvalue weighted by Gasteiger charge is 2.69. The Morgan fingerprint density at radius 3 is 2.59 bits per heavy atom. The Balaban J connectivity index is 1.23.